The van der Waals surface area contributed by atoms with Crippen molar-refractivity contribution in [2.24, 2.45) is 5.92 Å². The summed E-state index contributed by atoms with van der Waals surface area (Å²) in [5.74, 6) is 0.151. The summed E-state index contributed by atoms with van der Waals surface area (Å²) < 4.78 is 5.28. The van der Waals surface area contributed by atoms with Gasteiger partial charge in [0.1, 0.15) is 11.8 Å². The number of Topliss-reactive ketones (excluding diaryl/α,β-unsaturated/α-hetero) is 1. The predicted octanol–water partition coefficient (Wildman–Crippen LogP) is 2.18. The molecular formula is C12H13NO2. The molecule has 0 saturated carbocycles. The van der Waals surface area contributed by atoms with E-state index in [0.29, 0.717) is 5.75 Å². The fraction of sp³-hybridized carbons (Fsp3) is 0.333. The smallest absolute Gasteiger partial charge is 0.242 e. The number of para-hydroxylation sites is 1. The van der Waals surface area contributed by atoms with Gasteiger partial charge in [-0.05, 0) is 12.1 Å². The maximum absolute atomic E-state index is 11.5. The number of nitriles is 1. The molecule has 0 bridgehead atoms. The molecule has 0 aliphatic carbocycles. The van der Waals surface area contributed by atoms with Crippen LogP contribution in [0.4, 0.5) is 0 Å². The molecule has 0 N–H and O–H groups in total. The first-order chi connectivity index (χ1) is 7.15. The molecule has 0 spiro atoms. The first-order valence-corrected chi connectivity index (χ1v) is 4.80. The van der Waals surface area contributed by atoms with Crippen molar-refractivity contribution in [3.63, 3.8) is 0 Å². The molecule has 0 aromatic heterocycles. The lowest BCUT2D eigenvalue weighted by Crippen LogP contribution is -2.29. The van der Waals surface area contributed by atoms with E-state index in [-0.39, 0.29) is 11.7 Å². The molecule has 0 aliphatic rings. The van der Waals surface area contributed by atoms with Crippen LogP contribution in [0.3, 0.4) is 0 Å². The van der Waals surface area contributed by atoms with E-state index >= 15 is 0 Å². The van der Waals surface area contributed by atoms with Crippen molar-refractivity contribution in [3.8, 4) is 11.8 Å². The molecule has 78 valence electrons. The summed E-state index contributed by atoms with van der Waals surface area (Å²) in [5, 5.41) is 8.81. The van der Waals surface area contributed by atoms with Gasteiger partial charge in [0, 0.05) is 5.92 Å². The minimum Gasteiger partial charge on any atom is -0.468 e. The molecule has 1 rings (SSSR count). The number of hydrogen-bond donors (Lipinski definition) is 0. The van der Waals surface area contributed by atoms with Crippen molar-refractivity contribution in [1.82, 2.24) is 0 Å². The van der Waals surface area contributed by atoms with E-state index in [4.69, 9.17) is 10.00 Å². The van der Waals surface area contributed by atoms with Crippen LogP contribution in [0.1, 0.15) is 13.8 Å². The van der Waals surface area contributed by atoms with Gasteiger partial charge in [0.25, 0.3) is 0 Å². The average molecular weight is 203 g/mol. The average Bonchev–Trinajstić information content (AvgIpc) is 2.26. The maximum Gasteiger partial charge on any atom is 0.242 e. The fourth-order valence-corrected chi connectivity index (χ4v) is 1.09. The largest absolute Gasteiger partial charge is 0.468 e. The van der Waals surface area contributed by atoms with Gasteiger partial charge < -0.3 is 4.74 Å². The lowest BCUT2D eigenvalue weighted by Gasteiger charge is -2.12. The Morgan fingerprint density at radius 2 is 1.93 bits per heavy atom. The summed E-state index contributed by atoms with van der Waals surface area (Å²) in [4.78, 5) is 11.5. The molecule has 0 saturated heterocycles. The number of carbonyl (C=O) groups excluding carboxylic acids is 1. The van der Waals surface area contributed by atoms with E-state index in [0.717, 1.165) is 0 Å². The van der Waals surface area contributed by atoms with E-state index in [1.165, 1.54) is 0 Å². The van der Waals surface area contributed by atoms with Crippen LogP contribution < -0.4 is 4.74 Å². The van der Waals surface area contributed by atoms with Crippen LogP contribution in [0.15, 0.2) is 30.3 Å². The Morgan fingerprint density at radius 1 is 1.33 bits per heavy atom. The molecule has 3 nitrogen and oxygen atoms in total. The molecule has 3 heteroatoms. The van der Waals surface area contributed by atoms with Crippen LogP contribution in [0.25, 0.3) is 0 Å². The number of rotatable bonds is 4. The zero-order valence-corrected chi connectivity index (χ0v) is 8.81. The number of ketones is 1. The molecule has 0 amide bonds. The van der Waals surface area contributed by atoms with Gasteiger partial charge in [-0.3, -0.25) is 4.79 Å². The summed E-state index contributed by atoms with van der Waals surface area (Å²) in [6.45, 7) is 3.50. The second-order valence-electron chi connectivity index (χ2n) is 3.50. The third kappa shape index (κ3) is 3.10. The summed E-state index contributed by atoms with van der Waals surface area (Å²) in [5.41, 5.74) is 0. The standard InChI is InChI=1S/C12H13NO2/c1-9(2)12(14)11(8-13)15-10-6-4-3-5-7-10/h3-7,9,11H,1-2H3. The Hall–Kier alpha value is -1.82. The monoisotopic (exact) mass is 203 g/mol. The van der Waals surface area contributed by atoms with Crippen molar-refractivity contribution in [1.29, 1.82) is 5.26 Å². The number of benzene rings is 1. The van der Waals surface area contributed by atoms with Gasteiger partial charge >= 0.3 is 0 Å². The van der Waals surface area contributed by atoms with Gasteiger partial charge in [-0.2, -0.15) is 5.26 Å². The van der Waals surface area contributed by atoms with Crippen LogP contribution in [0.5, 0.6) is 5.75 Å². The number of ether oxygens (including phenoxy) is 1. The molecule has 1 aromatic carbocycles. The molecule has 0 heterocycles. The van der Waals surface area contributed by atoms with Crippen LogP contribution in [-0.4, -0.2) is 11.9 Å². The van der Waals surface area contributed by atoms with Crippen molar-refractivity contribution in [3.05, 3.63) is 30.3 Å². The second-order valence-corrected chi connectivity index (χ2v) is 3.50. The molecular weight excluding hydrogens is 190 g/mol. The molecule has 15 heavy (non-hydrogen) atoms. The first-order valence-electron chi connectivity index (χ1n) is 4.80. The lowest BCUT2D eigenvalue weighted by molar-refractivity contribution is -0.126. The molecule has 1 atom stereocenters. The van der Waals surface area contributed by atoms with Crippen LogP contribution in [-0.2, 0) is 4.79 Å². The van der Waals surface area contributed by atoms with Crippen LogP contribution in [0.2, 0.25) is 0 Å². The minimum absolute atomic E-state index is 0.193. The summed E-state index contributed by atoms with van der Waals surface area (Å²) >= 11 is 0. The van der Waals surface area contributed by atoms with E-state index in [9.17, 15) is 4.79 Å². The van der Waals surface area contributed by atoms with Gasteiger partial charge in [-0.25, -0.2) is 0 Å². The third-order valence-electron chi connectivity index (χ3n) is 1.94. The normalized spacial score (nSPS) is 11.9. The Morgan fingerprint density at radius 3 is 2.40 bits per heavy atom. The van der Waals surface area contributed by atoms with Crippen molar-refractivity contribution < 1.29 is 9.53 Å². The predicted molar refractivity (Wildman–Crippen MR) is 56.3 cm³/mol. The molecule has 1 unspecified atom stereocenters. The van der Waals surface area contributed by atoms with Gasteiger partial charge in [0.05, 0.1) is 0 Å². The van der Waals surface area contributed by atoms with Gasteiger partial charge in [-0.15, -0.1) is 0 Å². The number of carbonyl (C=O) groups is 1. The van der Waals surface area contributed by atoms with E-state index in [1.807, 2.05) is 12.1 Å². The SMILES string of the molecule is CC(C)C(=O)C(C#N)Oc1ccccc1. The Kier molecular flexibility index (Phi) is 3.87. The van der Waals surface area contributed by atoms with E-state index < -0.39 is 6.10 Å². The quantitative estimate of drug-likeness (QED) is 0.753. The highest BCUT2D eigenvalue weighted by Crippen LogP contribution is 2.12. The van der Waals surface area contributed by atoms with Crippen LogP contribution >= 0.6 is 0 Å². The summed E-state index contributed by atoms with van der Waals surface area (Å²) in [6, 6.07) is 10.7. The first kappa shape index (κ1) is 11.3. The fourth-order valence-electron chi connectivity index (χ4n) is 1.09. The Balaban J connectivity index is 2.72. The highest BCUT2D eigenvalue weighted by Gasteiger charge is 2.22. The Bertz CT molecular complexity index is 365. The lowest BCUT2D eigenvalue weighted by atomic mass is 10.1. The maximum atomic E-state index is 11.5. The molecule has 1 aromatic rings. The molecule has 0 aliphatic heterocycles. The highest BCUT2D eigenvalue weighted by atomic mass is 16.5. The van der Waals surface area contributed by atoms with E-state index in [2.05, 4.69) is 0 Å². The molecule has 0 fully saturated rings. The minimum atomic E-state index is -1.01. The summed E-state index contributed by atoms with van der Waals surface area (Å²) in [7, 11) is 0. The van der Waals surface area contributed by atoms with Crippen molar-refractivity contribution in [2.75, 3.05) is 0 Å². The van der Waals surface area contributed by atoms with E-state index in [1.54, 1.807) is 38.1 Å². The zero-order valence-electron chi connectivity index (χ0n) is 8.81. The summed E-state index contributed by atoms with van der Waals surface area (Å²) in [6.07, 6.45) is -1.01. The topological polar surface area (TPSA) is 50.1 Å². The highest BCUT2D eigenvalue weighted by molar-refractivity contribution is 5.87. The van der Waals surface area contributed by atoms with Crippen molar-refractivity contribution in [2.45, 2.75) is 20.0 Å². The van der Waals surface area contributed by atoms with Crippen molar-refractivity contribution >= 4 is 5.78 Å². The number of hydrogen-bond acceptors (Lipinski definition) is 3. The second kappa shape index (κ2) is 5.16. The van der Waals surface area contributed by atoms with Crippen LogP contribution in [0, 0.1) is 17.2 Å². The molecule has 0 radical (unpaired) electrons. The number of nitrogens with zero attached hydrogens (tertiary/aromatic N) is 1. The van der Waals surface area contributed by atoms with Gasteiger partial charge in [-0.1, -0.05) is 32.0 Å². The Labute approximate surface area is 89.3 Å². The zero-order chi connectivity index (χ0) is 11.3. The van der Waals surface area contributed by atoms with Gasteiger partial charge in [0.15, 0.2) is 5.78 Å². The van der Waals surface area contributed by atoms with Gasteiger partial charge in [0.2, 0.25) is 6.10 Å². The third-order valence-corrected chi connectivity index (χ3v) is 1.94.